The van der Waals surface area contributed by atoms with Gasteiger partial charge in [-0.05, 0) is 31.5 Å². The predicted molar refractivity (Wildman–Crippen MR) is 91.4 cm³/mol. The molecule has 0 unspecified atom stereocenters. The quantitative estimate of drug-likeness (QED) is 0.770. The van der Waals surface area contributed by atoms with E-state index in [1.807, 2.05) is 12.1 Å². The first-order valence-electron chi connectivity index (χ1n) is 7.91. The molecule has 130 valence electrons. The zero-order valence-corrected chi connectivity index (χ0v) is 14.6. The van der Waals surface area contributed by atoms with E-state index in [1.54, 1.807) is 19.9 Å². The second-order valence-corrected chi connectivity index (χ2v) is 6.61. The SMILES string of the molecule is CCOC(=O)C1=C(C)N2C(=O)CSC2=N[C@@H]1c1ccc2c(c1)OCO2. The van der Waals surface area contributed by atoms with E-state index in [-0.39, 0.29) is 19.3 Å². The maximum Gasteiger partial charge on any atom is 0.338 e. The first-order valence-corrected chi connectivity index (χ1v) is 8.89. The molecule has 8 heteroatoms. The molecule has 25 heavy (non-hydrogen) atoms. The second-order valence-electron chi connectivity index (χ2n) is 5.66. The molecule has 0 saturated carbocycles. The molecule has 0 aliphatic carbocycles. The molecule has 0 spiro atoms. The van der Waals surface area contributed by atoms with Gasteiger partial charge >= 0.3 is 5.97 Å². The van der Waals surface area contributed by atoms with Crippen molar-refractivity contribution in [2.45, 2.75) is 19.9 Å². The maximum atomic E-state index is 12.6. The Labute approximate surface area is 148 Å². The number of thioether (sulfide) groups is 1. The van der Waals surface area contributed by atoms with Crippen LogP contribution in [0.1, 0.15) is 25.5 Å². The van der Waals surface area contributed by atoms with Gasteiger partial charge in [-0.2, -0.15) is 0 Å². The molecular weight excluding hydrogens is 344 g/mol. The highest BCUT2D eigenvalue weighted by molar-refractivity contribution is 8.15. The van der Waals surface area contributed by atoms with Gasteiger partial charge < -0.3 is 14.2 Å². The molecule has 4 rings (SSSR count). The number of hydrogen-bond donors (Lipinski definition) is 0. The zero-order valence-electron chi connectivity index (χ0n) is 13.8. The topological polar surface area (TPSA) is 77.4 Å². The lowest BCUT2D eigenvalue weighted by Crippen LogP contribution is -2.35. The minimum Gasteiger partial charge on any atom is -0.463 e. The molecular formula is C17H16N2O5S. The molecule has 3 aliphatic rings. The van der Waals surface area contributed by atoms with E-state index in [0.29, 0.717) is 33.7 Å². The Kier molecular flexibility index (Phi) is 3.91. The highest BCUT2D eigenvalue weighted by Gasteiger charge is 2.40. The van der Waals surface area contributed by atoms with E-state index in [4.69, 9.17) is 14.2 Å². The smallest absolute Gasteiger partial charge is 0.338 e. The van der Waals surface area contributed by atoms with Crippen molar-refractivity contribution in [3.8, 4) is 11.5 Å². The lowest BCUT2D eigenvalue weighted by atomic mass is 9.95. The summed E-state index contributed by atoms with van der Waals surface area (Å²) in [6.45, 7) is 3.93. The standard InChI is InChI=1S/C17H16N2O5S/c1-3-22-16(21)14-9(2)19-13(20)7-25-17(19)18-15(14)10-4-5-11-12(6-10)24-8-23-11/h4-6,15H,3,7-8H2,1-2H3/t15-/m1/s1. The summed E-state index contributed by atoms with van der Waals surface area (Å²) >= 11 is 1.37. The minimum atomic E-state index is -0.543. The van der Waals surface area contributed by atoms with Crippen LogP contribution in [0, 0.1) is 0 Å². The molecule has 0 N–H and O–H groups in total. The summed E-state index contributed by atoms with van der Waals surface area (Å²) in [6, 6.07) is 4.93. The predicted octanol–water partition coefficient (Wildman–Crippen LogP) is 2.24. The average molecular weight is 360 g/mol. The van der Waals surface area contributed by atoms with Crippen molar-refractivity contribution < 1.29 is 23.8 Å². The van der Waals surface area contributed by atoms with E-state index in [1.165, 1.54) is 16.7 Å². The molecule has 1 aromatic carbocycles. The Bertz CT molecular complexity index is 832. The van der Waals surface area contributed by atoms with Crippen LogP contribution in [0.5, 0.6) is 11.5 Å². The molecule has 1 saturated heterocycles. The van der Waals surface area contributed by atoms with Crippen LogP contribution in [-0.4, -0.2) is 41.1 Å². The molecule has 3 heterocycles. The number of benzene rings is 1. The van der Waals surface area contributed by atoms with Gasteiger partial charge in [-0.15, -0.1) is 0 Å². The molecule has 0 bridgehead atoms. The number of aliphatic imine (C=N–C) groups is 1. The maximum absolute atomic E-state index is 12.6. The van der Waals surface area contributed by atoms with Crippen LogP contribution in [0.25, 0.3) is 0 Å². The van der Waals surface area contributed by atoms with E-state index in [0.717, 1.165) is 5.56 Å². The molecule has 0 radical (unpaired) electrons. The van der Waals surface area contributed by atoms with Crippen LogP contribution in [0.4, 0.5) is 0 Å². The van der Waals surface area contributed by atoms with Crippen LogP contribution >= 0.6 is 11.8 Å². The summed E-state index contributed by atoms with van der Waals surface area (Å²) in [5, 5.41) is 0.609. The number of amidine groups is 1. The van der Waals surface area contributed by atoms with E-state index in [2.05, 4.69) is 4.99 Å². The Morgan fingerprint density at radius 3 is 3.00 bits per heavy atom. The fourth-order valence-corrected chi connectivity index (χ4v) is 4.00. The van der Waals surface area contributed by atoms with Gasteiger partial charge in [-0.1, -0.05) is 17.8 Å². The van der Waals surface area contributed by atoms with Gasteiger partial charge in [0.2, 0.25) is 12.7 Å². The second kappa shape index (κ2) is 6.11. The largest absolute Gasteiger partial charge is 0.463 e. The number of rotatable bonds is 3. The number of carbonyl (C=O) groups is 2. The number of hydrogen-bond acceptors (Lipinski definition) is 7. The summed E-state index contributed by atoms with van der Waals surface area (Å²) in [4.78, 5) is 30.9. The Hall–Kier alpha value is -2.48. The fraction of sp³-hybridized carbons (Fsp3) is 0.353. The van der Waals surface area contributed by atoms with Crippen LogP contribution in [0.2, 0.25) is 0 Å². The van der Waals surface area contributed by atoms with Crippen LogP contribution in [0.3, 0.4) is 0 Å². The van der Waals surface area contributed by atoms with Gasteiger partial charge in [0.1, 0.15) is 6.04 Å². The van der Waals surface area contributed by atoms with Crippen molar-refractivity contribution in [3.63, 3.8) is 0 Å². The van der Waals surface area contributed by atoms with Crippen molar-refractivity contribution in [1.82, 2.24) is 4.90 Å². The number of nitrogens with zero attached hydrogens (tertiary/aromatic N) is 2. The van der Waals surface area contributed by atoms with Gasteiger partial charge in [0.25, 0.3) is 0 Å². The Morgan fingerprint density at radius 1 is 1.40 bits per heavy atom. The van der Waals surface area contributed by atoms with Gasteiger partial charge in [-0.3, -0.25) is 9.69 Å². The van der Waals surface area contributed by atoms with E-state index < -0.39 is 12.0 Å². The molecule has 1 aromatic rings. The summed E-state index contributed by atoms with van der Waals surface area (Å²) in [5.74, 6) is 1.07. The van der Waals surface area contributed by atoms with Gasteiger partial charge in [0.05, 0.1) is 17.9 Å². The summed E-state index contributed by atoms with van der Waals surface area (Å²) < 4.78 is 16.0. The molecule has 7 nitrogen and oxygen atoms in total. The first-order chi connectivity index (χ1) is 12.1. The molecule has 1 amide bonds. The molecule has 1 atom stereocenters. The van der Waals surface area contributed by atoms with Crippen molar-refractivity contribution >= 4 is 28.8 Å². The third-order valence-electron chi connectivity index (χ3n) is 4.21. The molecule has 1 fully saturated rings. The fourth-order valence-electron chi connectivity index (χ4n) is 3.07. The summed E-state index contributed by atoms with van der Waals surface area (Å²) in [5.41, 5.74) is 1.74. The lowest BCUT2D eigenvalue weighted by Gasteiger charge is -2.29. The highest BCUT2D eigenvalue weighted by atomic mass is 32.2. The number of esters is 1. The highest BCUT2D eigenvalue weighted by Crippen LogP contribution is 2.42. The number of allylic oxidation sites excluding steroid dienone is 1. The normalized spacial score (nSPS) is 21.4. The Morgan fingerprint density at radius 2 is 2.20 bits per heavy atom. The van der Waals surface area contributed by atoms with Crippen molar-refractivity contribution in [3.05, 3.63) is 35.0 Å². The number of fused-ring (bicyclic) bond motifs is 2. The van der Waals surface area contributed by atoms with Crippen LogP contribution < -0.4 is 9.47 Å². The molecule has 3 aliphatic heterocycles. The van der Waals surface area contributed by atoms with Crippen LogP contribution in [0.15, 0.2) is 34.5 Å². The zero-order chi connectivity index (χ0) is 17.6. The first kappa shape index (κ1) is 16.0. The van der Waals surface area contributed by atoms with Crippen molar-refractivity contribution in [1.29, 1.82) is 0 Å². The summed E-state index contributed by atoms with van der Waals surface area (Å²) in [6.07, 6.45) is 0. The van der Waals surface area contributed by atoms with Crippen molar-refractivity contribution in [2.75, 3.05) is 19.2 Å². The lowest BCUT2D eigenvalue weighted by molar-refractivity contribution is -0.139. The van der Waals surface area contributed by atoms with Crippen molar-refractivity contribution in [2.24, 2.45) is 4.99 Å². The average Bonchev–Trinajstić information content (AvgIpc) is 3.20. The van der Waals surface area contributed by atoms with Gasteiger partial charge in [0, 0.05) is 5.70 Å². The van der Waals surface area contributed by atoms with E-state index in [9.17, 15) is 9.59 Å². The monoisotopic (exact) mass is 360 g/mol. The van der Waals surface area contributed by atoms with E-state index >= 15 is 0 Å². The third kappa shape index (κ3) is 2.57. The molecule has 0 aromatic heterocycles. The Balaban J connectivity index is 1.81. The minimum absolute atomic E-state index is 0.0767. The van der Waals surface area contributed by atoms with Gasteiger partial charge in [0.15, 0.2) is 16.7 Å². The van der Waals surface area contributed by atoms with Crippen LogP contribution in [-0.2, 0) is 14.3 Å². The van der Waals surface area contributed by atoms with Gasteiger partial charge in [-0.25, -0.2) is 9.79 Å². The number of amides is 1. The number of ether oxygens (including phenoxy) is 3. The number of carbonyl (C=O) groups excluding carboxylic acids is 2. The summed E-state index contributed by atoms with van der Waals surface area (Å²) in [7, 11) is 0. The third-order valence-corrected chi connectivity index (χ3v) is 5.15.